The summed E-state index contributed by atoms with van der Waals surface area (Å²) in [5, 5.41) is 0. The Bertz CT molecular complexity index is 923. The average molecular weight is 360 g/mol. The highest BCUT2D eigenvalue weighted by Gasteiger charge is 2.26. The Labute approximate surface area is 162 Å². The van der Waals surface area contributed by atoms with Gasteiger partial charge in [0.2, 0.25) is 0 Å². The first-order valence-electron chi connectivity index (χ1n) is 10.2. The van der Waals surface area contributed by atoms with Crippen molar-refractivity contribution < 1.29 is 0 Å². The largest absolute Gasteiger partial charge is 0.375 e. The number of pyridine rings is 1. The lowest BCUT2D eigenvalue weighted by Gasteiger charge is -2.26. The van der Waals surface area contributed by atoms with E-state index in [2.05, 4.69) is 84.1 Å². The summed E-state index contributed by atoms with van der Waals surface area (Å²) in [6.07, 6.45) is 10.6. The maximum absolute atomic E-state index is 5.00. The molecular weight excluding hydrogens is 330 g/mol. The van der Waals surface area contributed by atoms with Gasteiger partial charge in [0.15, 0.2) is 0 Å². The molecule has 27 heavy (non-hydrogen) atoms. The van der Waals surface area contributed by atoms with Gasteiger partial charge in [0, 0.05) is 31.4 Å². The van der Waals surface area contributed by atoms with Gasteiger partial charge in [-0.25, -0.2) is 4.98 Å². The van der Waals surface area contributed by atoms with E-state index in [1.807, 2.05) is 0 Å². The van der Waals surface area contributed by atoms with E-state index in [1.54, 1.807) is 5.57 Å². The standard InChI is InChI=1S/C24H29N3/c1-3-4-10-19-17-20(14-16-26(2)21-11-6-5-7-12-21)24-22(18-19)27-15-9-8-13-23(27)25-24/h5-9,11-13,15,18,20H,3-4,10,14,16-17H2,1-2H3. The van der Waals surface area contributed by atoms with Gasteiger partial charge < -0.3 is 4.90 Å². The molecule has 0 saturated carbocycles. The van der Waals surface area contributed by atoms with Crippen molar-refractivity contribution in [1.29, 1.82) is 0 Å². The van der Waals surface area contributed by atoms with Crippen molar-refractivity contribution in [1.82, 2.24) is 9.38 Å². The minimum Gasteiger partial charge on any atom is -0.375 e. The zero-order chi connectivity index (χ0) is 18.6. The van der Waals surface area contributed by atoms with Crippen LogP contribution in [0.25, 0.3) is 11.7 Å². The van der Waals surface area contributed by atoms with E-state index in [9.17, 15) is 0 Å². The first kappa shape index (κ1) is 17.8. The Hall–Kier alpha value is -2.55. The van der Waals surface area contributed by atoms with Gasteiger partial charge >= 0.3 is 0 Å². The van der Waals surface area contributed by atoms with E-state index in [0.29, 0.717) is 5.92 Å². The van der Waals surface area contributed by atoms with Crippen molar-refractivity contribution in [2.45, 2.75) is 44.9 Å². The Balaban J connectivity index is 1.58. The molecule has 3 nitrogen and oxygen atoms in total. The molecule has 4 rings (SSSR count). The van der Waals surface area contributed by atoms with Crippen molar-refractivity contribution in [3.63, 3.8) is 0 Å². The molecule has 2 aromatic heterocycles. The fraction of sp³-hybridized carbons (Fsp3) is 0.375. The van der Waals surface area contributed by atoms with Gasteiger partial charge in [0.25, 0.3) is 0 Å². The summed E-state index contributed by atoms with van der Waals surface area (Å²) in [6.45, 7) is 3.32. The average Bonchev–Trinajstić information content (AvgIpc) is 3.09. The second kappa shape index (κ2) is 7.99. The predicted molar refractivity (Wildman–Crippen MR) is 114 cm³/mol. The first-order chi connectivity index (χ1) is 13.3. The van der Waals surface area contributed by atoms with Crippen LogP contribution in [0.15, 0.2) is 60.3 Å². The third-order valence-electron chi connectivity index (χ3n) is 5.69. The van der Waals surface area contributed by atoms with E-state index < -0.39 is 0 Å². The van der Waals surface area contributed by atoms with Gasteiger partial charge in [0.05, 0.1) is 11.4 Å². The molecule has 140 valence electrons. The molecule has 0 aliphatic heterocycles. The summed E-state index contributed by atoms with van der Waals surface area (Å²) in [4.78, 5) is 7.36. The Morgan fingerprint density at radius 3 is 2.74 bits per heavy atom. The molecule has 2 heterocycles. The lowest BCUT2D eigenvalue weighted by atomic mass is 9.85. The summed E-state index contributed by atoms with van der Waals surface area (Å²) in [6, 6.07) is 17.0. The number of allylic oxidation sites excluding steroid dienone is 1. The third kappa shape index (κ3) is 3.78. The summed E-state index contributed by atoms with van der Waals surface area (Å²) >= 11 is 0. The predicted octanol–water partition coefficient (Wildman–Crippen LogP) is 5.92. The lowest BCUT2D eigenvalue weighted by molar-refractivity contribution is 0.581. The summed E-state index contributed by atoms with van der Waals surface area (Å²) in [7, 11) is 2.19. The fourth-order valence-electron chi connectivity index (χ4n) is 4.12. The van der Waals surface area contributed by atoms with Gasteiger partial charge in [0.1, 0.15) is 5.65 Å². The van der Waals surface area contributed by atoms with Crippen molar-refractivity contribution >= 4 is 17.4 Å². The molecule has 0 amide bonds. The summed E-state index contributed by atoms with van der Waals surface area (Å²) in [5.74, 6) is 0.503. The van der Waals surface area contributed by atoms with Crippen LogP contribution in [0.1, 0.15) is 56.3 Å². The number of rotatable bonds is 7. The number of para-hydroxylation sites is 1. The zero-order valence-corrected chi connectivity index (χ0v) is 16.4. The van der Waals surface area contributed by atoms with Crippen LogP contribution in [0.3, 0.4) is 0 Å². The number of aromatic nitrogens is 2. The topological polar surface area (TPSA) is 20.5 Å². The molecule has 1 atom stereocenters. The Kier molecular flexibility index (Phi) is 5.28. The molecule has 0 spiro atoms. The molecule has 1 aliphatic rings. The lowest BCUT2D eigenvalue weighted by Crippen LogP contribution is -2.21. The van der Waals surface area contributed by atoms with Gasteiger partial charge in [-0.1, -0.05) is 43.2 Å². The van der Waals surface area contributed by atoms with Crippen LogP contribution in [-0.4, -0.2) is 23.0 Å². The second-order valence-corrected chi connectivity index (χ2v) is 7.66. The van der Waals surface area contributed by atoms with Crippen LogP contribution in [-0.2, 0) is 0 Å². The maximum atomic E-state index is 5.00. The third-order valence-corrected chi connectivity index (χ3v) is 5.69. The van der Waals surface area contributed by atoms with E-state index in [0.717, 1.165) is 25.0 Å². The van der Waals surface area contributed by atoms with Crippen LogP contribution < -0.4 is 4.90 Å². The van der Waals surface area contributed by atoms with Gasteiger partial charge in [-0.2, -0.15) is 0 Å². The van der Waals surface area contributed by atoms with E-state index in [-0.39, 0.29) is 0 Å². The molecule has 0 bridgehead atoms. The van der Waals surface area contributed by atoms with E-state index in [1.165, 1.54) is 36.3 Å². The van der Waals surface area contributed by atoms with Crippen molar-refractivity contribution in [2.24, 2.45) is 0 Å². The monoisotopic (exact) mass is 359 g/mol. The zero-order valence-electron chi connectivity index (χ0n) is 16.4. The highest BCUT2D eigenvalue weighted by Crippen LogP contribution is 2.37. The van der Waals surface area contributed by atoms with Crippen molar-refractivity contribution in [3.8, 4) is 0 Å². The number of unbranched alkanes of at least 4 members (excludes halogenated alkanes) is 1. The van der Waals surface area contributed by atoms with Crippen LogP contribution >= 0.6 is 0 Å². The molecule has 1 aliphatic carbocycles. The molecule has 3 heteroatoms. The molecule has 0 fully saturated rings. The highest BCUT2D eigenvalue weighted by atomic mass is 15.1. The van der Waals surface area contributed by atoms with Crippen molar-refractivity contribution in [2.75, 3.05) is 18.5 Å². The summed E-state index contributed by atoms with van der Waals surface area (Å²) in [5.41, 5.74) is 6.52. The quantitative estimate of drug-likeness (QED) is 0.522. The Morgan fingerprint density at radius 2 is 1.93 bits per heavy atom. The number of imidazole rings is 1. The summed E-state index contributed by atoms with van der Waals surface area (Å²) < 4.78 is 2.26. The number of hydrogen-bond donors (Lipinski definition) is 0. The highest BCUT2D eigenvalue weighted by molar-refractivity contribution is 5.62. The van der Waals surface area contributed by atoms with Crippen LogP contribution in [0.4, 0.5) is 5.69 Å². The number of hydrogen-bond acceptors (Lipinski definition) is 2. The van der Waals surface area contributed by atoms with Crippen LogP contribution in [0, 0.1) is 0 Å². The molecular formula is C24H29N3. The van der Waals surface area contributed by atoms with Gasteiger partial charge in [-0.3, -0.25) is 4.40 Å². The molecule has 1 unspecified atom stereocenters. The van der Waals surface area contributed by atoms with Crippen LogP contribution in [0.2, 0.25) is 0 Å². The fourth-order valence-corrected chi connectivity index (χ4v) is 4.12. The number of fused-ring (bicyclic) bond motifs is 3. The smallest absolute Gasteiger partial charge is 0.137 e. The minimum absolute atomic E-state index is 0.503. The van der Waals surface area contributed by atoms with E-state index in [4.69, 9.17) is 4.98 Å². The second-order valence-electron chi connectivity index (χ2n) is 7.66. The first-order valence-corrected chi connectivity index (χ1v) is 10.2. The SMILES string of the molecule is CCCCC1=Cc2c(nc3ccccn23)C(CCN(C)c2ccccc2)C1. The minimum atomic E-state index is 0.503. The van der Waals surface area contributed by atoms with Gasteiger partial charge in [-0.05, 0) is 56.0 Å². The number of benzene rings is 1. The van der Waals surface area contributed by atoms with E-state index >= 15 is 0 Å². The van der Waals surface area contributed by atoms with Crippen LogP contribution in [0.5, 0.6) is 0 Å². The normalized spacial score (nSPS) is 16.2. The molecule has 1 aromatic carbocycles. The molecule has 0 saturated heterocycles. The molecule has 3 aromatic rings. The number of nitrogens with zero attached hydrogens (tertiary/aromatic N) is 3. The number of anilines is 1. The van der Waals surface area contributed by atoms with Crippen molar-refractivity contribution in [3.05, 3.63) is 71.7 Å². The maximum Gasteiger partial charge on any atom is 0.137 e. The van der Waals surface area contributed by atoms with Gasteiger partial charge in [-0.15, -0.1) is 0 Å². The molecule has 0 N–H and O–H groups in total. The Morgan fingerprint density at radius 1 is 1.11 bits per heavy atom. The molecule has 0 radical (unpaired) electrons.